The zero-order valence-electron chi connectivity index (χ0n) is 12.3. The van der Waals surface area contributed by atoms with Gasteiger partial charge in [-0.1, -0.05) is 0 Å². The zero-order chi connectivity index (χ0) is 14.7. The second-order valence-electron chi connectivity index (χ2n) is 5.75. The van der Waals surface area contributed by atoms with Crippen molar-refractivity contribution in [3.63, 3.8) is 0 Å². The summed E-state index contributed by atoms with van der Waals surface area (Å²) in [7, 11) is 0. The summed E-state index contributed by atoms with van der Waals surface area (Å²) in [6.07, 6.45) is 1.57. The fourth-order valence-corrected chi connectivity index (χ4v) is 3.24. The number of nitrogens with two attached hydrogens (primary N) is 1. The van der Waals surface area contributed by atoms with Crippen molar-refractivity contribution < 1.29 is 4.74 Å². The van der Waals surface area contributed by atoms with Gasteiger partial charge in [-0.05, 0) is 30.2 Å². The van der Waals surface area contributed by atoms with Gasteiger partial charge >= 0.3 is 0 Å². The molecule has 2 fully saturated rings. The van der Waals surface area contributed by atoms with Crippen LogP contribution in [0.25, 0.3) is 0 Å². The standard InChI is InChI=1S/C16H22N4O/c17-5-3-13-11-14(1-2-16(13)18)20-6-4-15(12-20)19-7-9-21-10-8-19/h1-2,11,15H,3-4,6-10,12,18H2. The summed E-state index contributed by atoms with van der Waals surface area (Å²) < 4.78 is 5.43. The van der Waals surface area contributed by atoms with Gasteiger partial charge in [0.15, 0.2) is 0 Å². The van der Waals surface area contributed by atoms with Crippen LogP contribution >= 0.6 is 0 Å². The lowest BCUT2D eigenvalue weighted by molar-refractivity contribution is 0.0209. The smallest absolute Gasteiger partial charge is 0.0670 e. The third kappa shape index (κ3) is 3.12. The molecule has 2 saturated heterocycles. The van der Waals surface area contributed by atoms with Gasteiger partial charge in [0.25, 0.3) is 0 Å². The Kier molecular flexibility index (Phi) is 4.28. The number of rotatable bonds is 3. The zero-order valence-corrected chi connectivity index (χ0v) is 12.3. The maximum absolute atomic E-state index is 8.87. The number of nitrogens with zero attached hydrogens (tertiary/aromatic N) is 3. The van der Waals surface area contributed by atoms with E-state index in [1.807, 2.05) is 6.07 Å². The minimum absolute atomic E-state index is 0.375. The highest BCUT2D eigenvalue weighted by molar-refractivity contribution is 5.59. The summed E-state index contributed by atoms with van der Waals surface area (Å²) in [5, 5.41) is 8.87. The summed E-state index contributed by atoms with van der Waals surface area (Å²) in [6, 6.07) is 8.86. The lowest BCUT2D eigenvalue weighted by Crippen LogP contribution is -2.44. The predicted octanol–water partition coefficient (Wildman–Crippen LogP) is 1.25. The Bertz CT molecular complexity index is 534. The van der Waals surface area contributed by atoms with Gasteiger partial charge in [-0.15, -0.1) is 0 Å². The second-order valence-corrected chi connectivity index (χ2v) is 5.75. The molecule has 1 aromatic rings. The van der Waals surface area contributed by atoms with E-state index in [4.69, 9.17) is 15.7 Å². The van der Waals surface area contributed by atoms with Crippen LogP contribution in [0.4, 0.5) is 11.4 Å². The number of morpholine rings is 1. The molecular formula is C16H22N4O. The molecule has 0 spiro atoms. The first-order valence-corrected chi connectivity index (χ1v) is 7.60. The van der Waals surface area contributed by atoms with Gasteiger partial charge in [0.2, 0.25) is 0 Å². The van der Waals surface area contributed by atoms with E-state index in [0.717, 1.165) is 45.0 Å². The molecule has 0 aliphatic carbocycles. The number of hydrogen-bond acceptors (Lipinski definition) is 5. The van der Waals surface area contributed by atoms with E-state index in [1.165, 1.54) is 12.1 Å². The van der Waals surface area contributed by atoms with Crippen LogP contribution in [0.3, 0.4) is 0 Å². The predicted molar refractivity (Wildman–Crippen MR) is 83.2 cm³/mol. The number of nitrogen functional groups attached to an aromatic ring is 1. The van der Waals surface area contributed by atoms with Gasteiger partial charge in [0.05, 0.1) is 25.7 Å². The average Bonchev–Trinajstić information content (AvgIpc) is 3.00. The highest BCUT2D eigenvalue weighted by atomic mass is 16.5. The molecule has 2 N–H and O–H groups in total. The largest absolute Gasteiger partial charge is 0.398 e. The Morgan fingerprint density at radius 3 is 2.86 bits per heavy atom. The fraction of sp³-hybridized carbons (Fsp3) is 0.562. The van der Waals surface area contributed by atoms with Gasteiger partial charge < -0.3 is 15.4 Å². The lowest BCUT2D eigenvalue weighted by atomic mass is 10.1. The van der Waals surface area contributed by atoms with E-state index >= 15 is 0 Å². The molecule has 3 rings (SSSR count). The summed E-state index contributed by atoms with van der Waals surface area (Å²) in [5.41, 5.74) is 8.76. The molecule has 2 aliphatic heterocycles. The first-order valence-electron chi connectivity index (χ1n) is 7.60. The molecule has 5 nitrogen and oxygen atoms in total. The van der Waals surface area contributed by atoms with Crippen LogP contribution in [0, 0.1) is 11.3 Å². The van der Waals surface area contributed by atoms with Gasteiger partial charge in [0, 0.05) is 43.6 Å². The molecule has 0 aromatic heterocycles. The van der Waals surface area contributed by atoms with Crippen LogP contribution in [0.15, 0.2) is 18.2 Å². The van der Waals surface area contributed by atoms with Crippen LogP contribution in [0.1, 0.15) is 12.0 Å². The molecule has 21 heavy (non-hydrogen) atoms. The summed E-state index contributed by atoms with van der Waals surface area (Å²) in [6.45, 7) is 5.91. The third-order valence-corrected chi connectivity index (χ3v) is 4.49. The van der Waals surface area contributed by atoms with Crippen molar-refractivity contribution in [2.45, 2.75) is 18.9 Å². The minimum Gasteiger partial charge on any atom is -0.398 e. The van der Waals surface area contributed by atoms with Crippen LogP contribution in [-0.2, 0) is 11.2 Å². The van der Waals surface area contributed by atoms with E-state index in [-0.39, 0.29) is 0 Å². The number of hydrogen-bond donors (Lipinski definition) is 1. The van der Waals surface area contributed by atoms with Gasteiger partial charge in [-0.3, -0.25) is 4.90 Å². The average molecular weight is 286 g/mol. The molecule has 0 amide bonds. The van der Waals surface area contributed by atoms with Crippen LogP contribution in [0.5, 0.6) is 0 Å². The van der Waals surface area contributed by atoms with Gasteiger partial charge in [-0.2, -0.15) is 5.26 Å². The summed E-state index contributed by atoms with van der Waals surface area (Å²) >= 11 is 0. The van der Waals surface area contributed by atoms with E-state index in [1.54, 1.807) is 0 Å². The second kappa shape index (κ2) is 6.33. The normalized spacial score (nSPS) is 23.2. The fourth-order valence-electron chi connectivity index (χ4n) is 3.24. The van der Waals surface area contributed by atoms with Crippen molar-refractivity contribution in [3.8, 4) is 6.07 Å². The first-order chi connectivity index (χ1) is 10.3. The SMILES string of the molecule is N#CCc1cc(N2CCC(N3CCOCC3)C2)ccc1N. The maximum Gasteiger partial charge on any atom is 0.0670 e. The number of ether oxygens (including phenoxy) is 1. The summed E-state index contributed by atoms with van der Waals surface area (Å²) in [4.78, 5) is 4.94. The summed E-state index contributed by atoms with van der Waals surface area (Å²) in [5.74, 6) is 0. The Balaban J connectivity index is 1.68. The third-order valence-electron chi connectivity index (χ3n) is 4.49. The molecule has 0 saturated carbocycles. The first kappa shape index (κ1) is 14.2. The molecular weight excluding hydrogens is 264 g/mol. The van der Waals surface area contributed by atoms with E-state index < -0.39 is 0 Å². The number of benzene rings is 1. The lowest BCUT2D eigenvalue weighted by Gasteiger charge is -2.32. The van der Waals surface area contributed by atoms with Crippen LogP contribution in [0.2, 0.25) is 0 Å². The van der Waals surface area contributed by atoms with Crippen molar-refractivity contribution in [1.82, 2.24) is 4.90 Å². The van der Waals surface area contributed by atoms with Crippen molar-refractivity contribution in [2.75, 3.05) is 50.0 Å². The highest BCUT2D eigenvalue weighted by Crippen LogP contribution is 2.26. The Morgan fingerprint density at radius 2 is 2.10 bits per heavy atom. The molecule has 0 radical (unpaired) electrons. The maximum atomic E-state index is 8.87. The Labute approximate surface area is 125 Å². The molecule has 0 bridgehead atoms. The number of anilines is 2. The molecule has 2 aliphatic rings. The van der Waals surface area contributed by atoms with Crippen molar-refractivity contribution in [3.05, 3.63) is 23.8 Å². The Morgan fingerprint density at radius 1 is 1.29 bits per heavy atom. The molecule has 1 aromatic carbocycles. The minimum atomic E-state index is 0.375. The molecule has 112 valence electrons. The molecule has 1 atom stereocenters. The molecule has 5 heteroatoms. The quantitative estimate of drug-likeness (QED) is 0.847. The topological polar surface area (TPSA) is 65.5 Å². The molecule has 2 heterocycles. The van der Waals surface area contributed by atoms with E-state index in [0.29, 0.717) is 18.2 Å². The van der Waals surface area contributed by atoms with Crippen LogP contribution in [-0.4, -0.2) is 50.3 Å². The number of nitriles is 1. The van der Waals surface area contributed by atoms with Crippen molar-refractivity contribution in [1.29, 1.82) is 5.26 Å². The van der Waals surface area contributed by atoms with E-state index in [9.17, 15) is 0 Å². The van der Waals surface area contributed by atoms with Gasteiger partial charge in [0.1, 0.15) is 0 Å². The highest BCUT2D eigenvalue weighted by Gasteiger charge is 2.28. The van der Waals surface area contributed by atoms with Crippen LogP contribution < -0.4 is 10.6 Å². The van der Waals surface area contributed by atoms with Crippen molar-refractivity contribution in [2.24, 2.45) is 0 Å². The van der Waals surface area contributed by atoms with E-state index in [2.05, 4.69) is 28.0 Å². The Hall–Kier alpha value is -1.77. The van der Waals surface area contributed by atoms with Gasteiger partial charge in [-0.25, -0.2) is 0 Å². The molecule has 1 unspecified atom stereocenters. The monoisotopic (exact) mass is 286 g/mol. The van der Waals surface area contributed by atoms with Crippen molar-refractivity contribution >= 4 is 11.4 Å².